The molecule has 1 unspecified atom stereocenters. The smallest absolute Gasteiger partial charge is 0.0745 e. The number of rotatable bonds is 2. The summed E-state index contributed by atoms with van der Waals surface area (Å²) in [5.41, 5.74) is 12.6. The van der Waals surface area contributed by atoms with Gasteiger partial charge in [-0.25, -0.2) is 0 Å². The molecule has 1 aliphatic heterocycles. The highest BCUT2D eigenvalue weighted by molar-refractivity contribution is 6.03. The number of hydrogen-bond acceptors (Lipinski definition) is 2. The van der Waals surface area contributed by atoms with Crippen LogP contribution in [0.1, 0.15) is 48.6 Å². The molecule has 1 N–H and O–H groups in total. The van der Waals surface area contributed by atoms with Crippen molar-refractivity contribution in [3.63, 3.8) is 0 Å². The average molecular weight is 338 g/mol. The SMILES string of the molecule is CC1(C)c2ccccc2-c2ccc(C3=NNC(c4ccccc4)C3)cc21. The summed E-state index contributed by atoms with van der Waals surface area (Å²) in [6.07, 6.45) is 0.927. The highest BCUT2D eigenvalue weighted by Crippen LogP contribution is 2.48. The Morgan fingerprint density at radius 2 is 1.58 bits per heavy atom. The molecular weight excluding hydrogens is 316 g/mol. The van der Waals surface area contributed by atoms with Gasteiger partial charge in [-0.1, -0.05) is 80.6 Å². The van der Waals surface area contributed by atoms with E-state index in [1.54, 1.807) is 0 Å². The molecule has 2 aliphatic rings. The van der Waals surface area contributed by atoms with Crippen molar-refractivity contribution in [1.29, 1.82) is 0 Å². The normalized spacial score (nSPS) is 19.5. The van der Waals surface area contributed by atoms with E-state index >= 15 is 0 Å². The third-order valence-corrected chi connectivity index (χ3v) is 5.87. The van der Waals surface area contributed by atoms with Gasteiger partial charge >= 0.3 is 0 Å². The highest BCUT2D eigenvalue weighted by atomic mass is 15.3. The first kappa shape index (κ1) is 15.4. The lowest BCUT2D eigenvalue weighted by Crippen LogP contribution is -2.15. The van der Waals surface area contributed by atoms with Crippen molar-refractivity contribution in [3.8, 4) is 11.1 Å². The van der Waals surface area contributed by atoms with Crippen LogP contribution in [0, 0.1) is 0 Å². The second-order valence-corrected chi connectivity index (χ2v) is 7.79. The Morgan fingerprint density at radius 3 is 2.42 bits per heavy atom. The van der Waals surface area contributed by atoms with Crippen molar-refractivity contribution < 1.29 is 0 Å². The predicted octanol–water partition coefficient (Wildman–Crippen LogP) is 5.43. The van der Waals surface area contributed by atoms with Crippen molar-refractivity contribution in [3.05, 3.63) is 95.1 Å². The Labute approximate surface area is 154 Å². The van der Waals surface area contributed by atoms with Crippen molar-refractivity contribution in [1.82, 2.24) is 5.43 Å². The van der Waals surface area contributed by atoms with Crippen LogP contribution in [0.25, 0.3) is 11.1 Å². The summed E-state index contributed by atoms with van der Waals surface area (Å²) in [6, 6.07) is 26.5. The number of benzene rings is 3. The first-order valence-corrected chi connectivity index (χ1v) is 9.26. The molecule has 0 saturated carbocycles. The minimum Gasteiger partial charge on any atom is -0.302 e. The standard InChI is InChI=1S/C24H22N2/c1-24(2)20-11-7-6-10-18(20)19-13-12-17(14-21(19)24)23-15-22(25-26-23)16-8-4-3-5-9-16/h3-14,22,25H,15H2,1-2H3. The van der Waals surface area contributed by atoms with Crippen LogP contribution in [0.4, 0.5) is 0 Å². The Kier molecular flexibility index (Phi) is 3.30. The van der Waals surface area contributed by atoms with E-state index in [4.69, 9.17) is 0 Å². The number of fused-ring (bicyclic) bond motifs is 3. The zero-order chi connectivity index (χ0) is 17.7. The molecule has 5 rings (SSSR count). The summed E-state index contributed by atoms with van der Waals surface area (Å²) in [4.78, 5) is 0. The fourth-order valence-electron chi connectivity index (χ4n) is 4.38. The minimum atomic E-state index is 0.0351. The van der Waals surface area contributed by atoms with Crippen LogP contribution in [-0.4, -0.2) is 5.71 Å². The van der Waals surface area contributed by atoms with Gasteiger partial charge in [0.05, 0.1) is 11.8 Å². The Hall–Kier alpha value is -2.87. The second-order valence-electron chi connectivity index (χ2n) is 7.79. The number of hydrazone groups is 1. The van der Waals surface area contributed by atoms with E-state index in [2.05, 4.69) is 97.2 Å². The molecule has 1 atom stereocenters. The van der Waals surface area contributed by atoms with Gasteiger partial charge in [-0.3, -0.25) is 0 Å². The Balaban J connectivity index is 1.50. The fraction of sp³-hybridized carbons (Fsp3) is 0.208. The second kappa shape index (κ2) is 5.57. The molecule has 0 bridgehead atoms. The first-order valence-electron chi connectivity index (χ1n) is 9.26. The van der Waals surface area contributed by atoms with E-state index in [0.717, 1.165) is 12.1 Å². The zero-order valence-corrected chi connectivity index (χ0v) is 15.2. The molecule has 1 heterocycles. The van der Waals surface area contributed by atoms with Crippen LogP contribution in [0.2, 0.25) is 0 Å². The largest absolute Gasteiger partial charge is 0.302 e. The molecule has 0 amide bonds. The van der Waals surface area contributed by atoms with Gasteiger partial charge in [-0.2, -0.15) is 5.10 Å². The topological polar surface area (TPSA) is 24.4 Å². The molecule has 0 fully saturated rings. The maximum absolute atomic E-state index is 4.65. The van der Waals surface area contributed by atoms with Crippen molar-refractivity contribution >= 4 is 5.71 Å². The van der Waals surface area contributed by atoms with E-state index in [1.807, 2.05) is 0 Å². The zero-order valence-electron chi connectivity index (χ0n) is 15.2. The van der Waals surface area contributed by atoms with Gasteiger partial charge in [0.2, 0.25) is 0 Å². The van der Waals surface area contributed by atoms with Gasteiger partial charge in [-0.15, -0.1) is 0 Å². The van der Waals surface area contributed by atoms with Gasteiger partial charge in [0.25, 0.3) is 0 Å². The lowest BCUT2D eigenvalue weighted by Gasteiger charge is -2.21. The van der Waals surface area contributed by atoms with Gasteiger partial charge in [-0.05, 0) is 39.4 Å². The molecular formula is C24H22N2. The average Bonchev–Trinajstić information content (AvgIpc) is 3.26. The first-order chi connectivity index (χ1) is 12.6. The maximum Gasteiger partial charge on any atom is 0.0745 e. The van der Waals surface area contributed by atoms with E-state index in [1.165, 1.54) is 33.4 Å². The molecule has 0 saturated heterocycles. The van der Waals surface area contributed by atoms with E-state index in [-0.39, 0.29) is 11.5 Å². The van der Waals surface area contributed by atoms with Gasteiger partial charge in [0, 0.05) is 11.8 Å². The van der Waals surface area contributed by atoms with Crippen LogP contribution < -0.4 is 5.43 Å². The molecule has 3 aromatic carbocycles. The molecule has 128 valence electrons. The third-order valence-electron chi connectivity index (χ3n) is 5.87. The van der Waals surface area contributed by atoms with Crippen molar-refractivity contribution in [2.75, 3.05) is 0 Å². The summed E-state index contributed by atoms with van der Waals surface area (Å²) in [6.45, 7) is 4.64. The summed E-state index contributed by atoms with van der Waals surface area (Å²) < 4.78 is 0. The molecule has 2 nitrogen and oxygen atoms in total. The van der Waals surface area contributed by atoms with Crippen LogP contribution >= 0.6 is 0 Å². The summed E-state index contributed by atoms with van der Waals surface area (Å²) in [5.74, 6) is 0. The molecule has 0 spiro atoms. The highest BCUT2D eigenvalue weighted by Gasteiger charge is 2.35. The summed E-state index contributed by atoms with van der Waals surface area (Å²) >= 11 is 0. The minimum absolute atomic E-state index is 0.0351. The Morgan fingerprint density at radius 1 is 0.846 bits per heavy atom. The van der Waals surface area contributed by atoms with Gasteiger partial charge < -0.3 is 5.43 Å². The van der Waals surface area contributed by atoms with Crippen molar-refractivity contribution in [2.45, 2.75) is 31.7 Å². The molecule has 2 heteroatoms. The Bertz CT molecular complexity index is 1020. The van der Waals surface area contributed by atoms with Crippen molar-refractivity contribution in [2.24, 2.45) is 5.10 Å². The lowest BCUT2D eigenvalue weighted by atomic mass is 9.81. The maximum atomic E-state index is 4.65. The third kappa shape index (κ3) is 2.22. The number of hydrogen-bond donors (Lipinski definition) is 1. The van der Waals surface area contributed by atoms with Crippen LogP contribution in [0.3, 0.4) is 0 Å². The number of nitrogens with zero attached hydrogens (tertiary/aromatic N) is 1. The van der Waals surface area contributed by atoms with E-state index in [0.29, 0.717) is 0 Å². The molecule has 1 aliphatic carbocycles. The van der Waals surface area contributed by atoms with Crippen LogP contribution in [0.5, 0.6) is 0 Å². The molecule has 0 aromatic heterocycles. The quantitative estimate of drug-likeness (QED) is 0.662. The van der Waals surface area contributed by atoms with E-state index < -0.39 is 0 Å². The molecule has 26 heavy (non-hydrogen) atoms. The van der Waals surface area contributed by atoms with Gasteiger partial charge in [0.1, 0.15) is 0 Å². The fourth-order valence-corrected chi connectivity index (χ4v) is 4.38. The number of nitrogens with one attached hydrogen (secondary N) is 1. The lowest BCUT2D eigenvalue weighted by molar-refractivity contribution is 0.620. The molecule has 3 aromatic rings. The van der Waals surface area contributed by atoms with Gasteiger partial charge in [0.15, 0.2) is 0 Å². The monoisotopic (exact) mass is 338 g/mol. The molecule has 0 radical (unpaired) electrons. The van der Waals surface area contributed by atoms with Crippen LogP contribution in [0.15, 0.2) is 77.9 Å². The predicted molar refractivity (Wildman–Crippen MR) is 107 cm³/mol. The van der Waals surface area contributed by atoms with E-state index in [9.17, 15) is 0 Å². The summed E-state index contributed by atoms with van der Waals surface area (Å²) in [5, 5.41) is 4.65. The summed E-state index contributed by atoms with van der Waals surface area (Å²) in [7, 11) is 0. The van der Waals surface area contributed by atoms with Crippen LogP contribution in [-0.2, 0) is 5.41 Å².